The van der Waals surface area contributed by atoms with Crippen LogP contribution in [0.2, 0.25) is 0 Å². The highest BCUT2D eigenvalue weighted by molar-refractivity contribution is 5.33. The van der Waals surface area contributed by atoms with Gasteiger partial charge >= 0.3 is 0 Å². The molecular weight excluding hydrogens is 193 g/mol. The number of benzene rings is 1. The summed E-state index contributed by atoms with van der Waals surface area (Å²) >= 11 is 0. The average Bonchev–Trinajstić information content (AvgIpc) is 2.26. The summed E-state index contributed by atoms with van der Waals surface area (Å²) in [5, 5.41) is 0. The number of halogens is 1. The van der Waals surface area contributed by atoms with Crippen LogP contribution in [0.15, 0.2) is 18.2 Å². The first-order valence-corrected chi connectivity index (χ1v) is 5.20. The third kappa shape index (κ3) is 3.51. The van der Waals surface area contributed by atoms with Crippen LogP contribution in [0.4, 0.5) is 4.39 Å². The lowest BCUT2D eigenvalue weighted by atomic mass is 10.0. The van der Waals surface area contributed by atoms with Crippen molar-refractivity contribution in [2.24, 2.45) is 11.7 Å². The van der Waals surface area contributed by atoms with Crippen LogP contribution in [0.3, 0.4) is 0 Å². The Hall–Kier alpha value is -1.09. The molecule has 1 aromatic carbocycles. The molecule has 1 atom stereocenters. The molecule has 3 heteroatoms. The smallest absolute Gasteiger partial charge is 0.123 e. The molecule has 0 amide bonds. The number of methoxy groups -OCH3 is 1. The van der Waals surface area contributed by atoms with Crippen molar-refractivity contribution >= 4 is 0 Å². The number of hydrogen-bond donors (Lipinski definition) is 1. The molecule has 1 aromatic rings. The van der Waals surface area contributed by atoms with Crippen LogP contribution in [0.5, 0.6) is 5.75 Å². The minimum Gasteiger partial charge on any atom is -0.496 e. The first kappa shape index (κ1) is 12.0. The first-order chi connectivity index (χ1) is 7.17. The Balaban J connectivity index is 2.69. The van der Waals surface area contributed by atoms with Crippen LogP contribution in [0.25, 0.3) is 0 Å². The van der Waals surface area contributed by atoms with Gasteiger partial charge in [-0.25, -0.2) is 4.39 Å². The molecule has 0 bridgehead atoms. The van der Waals surface area contributed by atoms with Crippen LogP contribution in [0, 0.1) is 11.7 Å². The van der Waals surface area contributed by atoms with Crippen LogP contribution in [-0.2, 0) is 6.42 Å². The lowest BCUT2D eigenvalue weighted by molar-refractivity contribution is 0.405. The molecule has 0 aliphatic rings. The van der Waals surface area contributed by atoms with Crippen molar-refractivity contribution in [2.75, 3.05) is 13.7 Å². The van der Waals surface area contributed by atoms with Crippen LogP contribution in [0.1, 0.15) is 18.9 Å². The lowest BCUT2D eigenvalue weighted by Crippen LogP contribution is -2.11. The first-order valence-electron chi connectivity index (χ1n) is 5.20. The Labute approximate surface area is 90.2 Å². The van der Waals surface area contributed by atoms with Crippen LogP contribution in [-0.4, -0.2) is 13.7 Å². The summed E-state index contributed by atoms with van der Waals surface area (Å²) in [4.78, 5) is 0. The molecule has 0 aliphatic carbocycles. The number of hydrogen-bond acceptors (Lipinski definition) is 2. The molecule has 1 unspecified atom stereocenters. The van der Waals surface area contributed by atoms with E-state index in [-0.39, 0.29) is 5.82 Å². The molecule has 84 valence electrons. The highest BCUT2D eigenvalue weighted by atomic mass is 19.1. The Morgan fingerprint density at radius 2 is 2.20 bits per heavy atom. The van der Waals surface area contributed by atoms with Gasteiger partial charge in [-0.1, -0.05) is 6.92 Å². The molecule has 15 heavy (non-hydrogen) atoms. The molecule has 0 aromatic heterocycles. The van der Waals surface area contributed by atoms with Gasteiger partial charge in [-0.3, -0.25) is 0 Å². The highest BCUT2D eigenvalue weighted by Crippen LogP contribution is 2.21. The van der Waals surface area contributed by atoms with E-state index in [0.29, 0.717) is 12.5 Å². The predicted octanol–water partition coefficient (Wildman–Crippen LogP) is 2.36. The summed E-state index contributed by atoms with van der Waals surface area (Å²) in [6.07, 6.45) is 1.76. The monoisotopic (exact) mass is 211 g/mol. The highest BCUT2D eigenvalue weighted by Gasteiger charge is 2.06. The van der Waals surface area contributed by atoms with Gasteiger partial charge in [0.05, 0.1) is 7.11 Å². The van der Waals surface area contributed by atoms with Gasteiger partial charge in [-0.05, 0) is 49.1 Å². The second-order valence-corrected chi connectivity index (χ2v) is 3.84. The molecule has 0 aliphatic heterocycles. The van der Waals surface area contributed by atoms with Gasteiger partial charge in [0.2, 0.25) is 0 Å². The third-order valence-corrected chi connectivity index (χ3v) is 2.55. The normalized spacial score (nSPS) is 12.5. The second kappa shape index (κ2) is 5.71. The standard InChI is InChI=1S/C12H18FNO/c1-9(8-14)3-4-10-7-11(13)5-6-12(10)15-2/h5-7,9H,3-4,8,14H2,1-2H3. The molecule has 0 fully saturated rings. The topological polar surface area (TPSA) is 35.2 Å². The zero-order valence-electron chi connectivity index (χ0n) is 9.29. The quantitative estimate of drug-likeness (QED) is 0.811. The fraction of sp³-hybridized carbons (Fsp3) is 0.500. The number of rotatable bonds is 5. The fourth-order valence-corrected chi connectivity index (χ4v) is 1.46. The van der Waals surface area contributed by atoms with Crippen LogP contribution < -0.4 is 10.5 Å². The van der Waals surface area contributed by atoms with Gasteiger partial charge in [-0.15, -0.1) is 0 Å². The SMILES string of the molecule is COc1ccc(F)cc1CCC(C)CN. The Bertz CT molecular complexity index is 314. The van der Waals surface area contributed by atoms with E-state index in [2.05, 4.69) is 6.92 Å². The zero-order chi connectivity index (χ0) is 11.3. The van der Waals surface area contributed by atoms with E-state index >= 15 is 0 Å². The van der Waals surface area contributed by atoms with Crippen molar-refractivity contribution in [2.45, 2.75) is 19.8 Å². The predicted molar refractivity (Wildman–Crippen MR) is 59.5 cm³/mol. The average molecular weight is 211 g/mol. The zero-order valence-corrected chi connectivity index (χ0v) is 9.29. The van der Waals surface area contributed by atoms with Crippen molar-refractivity contribution < 1.29 is 9.13 Å². The lowest BCUT2D eigenvalue weighted by Gasteiger charge is -2.11. The summed E-state index contributed by atoms with van der Waals surface area (Å²) in [5.74, 6) is 0.991. The largest absolute Gasteiger partial charge is 0.496 e. The molecule has 0 saturated heterocycles. The molecular formula is C12H18FNO. The molecule has 0 saturated carbocycles. The van der Waals surface area contributed by atoms with Gasteiger partial charge in [0.1, 0.15) is 11.6 Å². The second-order valence-electron chi connectivity index (χ2n) is 3.84. The van der Waals surface area contributed by atoms with E-state index in [4.69, 9.17) is 10.5 Å². The van der Waals surface area contributed by atoms with E-state index in [1.165, 1.54) is 12.1 Å². The fourth-order valence-electron chi connectivity index (χ4n) is 1.46. The van der Waals surface area contributed by atoms with E-state index in [0.717, 1.165) is 24.2 Å². The molecule has 2 nitrogen and oxygen atoms in total. The Morgan fingerprint density at radius 3 is 2.80 bits per heavy atom. The summed E-state index contributed by atoms with van der Waals surface area (Å²) in [6, 6.07) is 4.61. The van der Waals surface area contributed by atoms with Crippen molar-refractivity contribution in [3.8, 4) is 5.75 Å². The number of nitrogens with two attached hydrogens (primary N) is 1. The Kier molecular flexibility index (Phi) is 4.56. The third-order valence-electron chi connectivity index (χ3n) is 2.55. The minimum atomic E-state index is -0.216. The maximum Gasteiger partial charge on any atom is 0.123 e. The van der Waals surface area contributed by atoms with E-state index < -0.39 is 0 Å². The number of ether oxygens (including phenoxy) is 1. The van der Waals surface area contributed by atoms with E-state index in [1.807, 2.05) is 0 Å². The van der Waals surface area contributed by atoms with E-state index in [1.54, 1.807) is 13.2 Å². The van der Waals surface area contributed by atoms with Gasteiger partial charge in [0.25, 0.3) is 0 Å². The van der Waals surface area contributed by atoms with Crippen LogP contribution >= 0.6 is 0 Å². The van der Waals surface area contributed by atoms with Gasteiger partial charge in [0.15, 0.2) is 0 Å². The van der Waals surface area contributed by atoms with Gasteiger partial charge in [-0.2, -0.15) is 0 Å². The number of aryl methyl sites for hydroxylation is 1. The van der Waals surface area contributed by atoms with Crippen molar-refractivity contribution in [3.05, 3.63) is 29.6 Å². The molecule has 0 radical (unpaired) electrons. The maximum atomic E-state index is 13.0. The molecule has 0 spiro atoms. The van der Waals surface area contributed by atoms with Gasteiger partial charge < -0.3 is 10.5 Å². The molecule has 2 N–H and O–H groups in total. The van der Waals surface area contributed by atoms with E-state index in [9.17, 15) is 4.39 Å². The van der Waals surface area contributed by atoms with Crippen molar-refractivity contribution in [1.29, 1.82) is 0 Å². The summed E-state index contributed by atoms with van der Waals surface area (Å²) in [7, 11) is 1.60. The maximum absolute atomic E-state index is 13.0. The minimum absolute atomic E-state index is 0.216. The summed E-state index contributed by atoms with van der Waals surface area (Å²) in [6.45, 7) is 2.75. The Morgan fingerprint density at radius 1 is 1.47 bits per heavy atom. The van der Waals surface area contributed by atoms with Crippen molar-refractivity contribution in [3.63, 3.8) is 0 Å². The molecule has 1 rings (SSSR count). The summed E-state index contributed by atoms with van der Waals surface area (Å²) < 4.78 is 18.2. The summed E-state index contributed by atoms with van der Waals surface area (Å²) in [5.41, 5.74) is 6.45. The van der Waals surface area contributed by atoms with Crippen molar-refractivity contribution in [1.82, 2.24) is 0 Å². The van der Waals surface area contributed by atoms with Gasteiger partial charge in [0, 0.05) is 0 Å². The molecule has 0 heterocycles.